The van der Waals surface area contributed by atoms with Crippen molar-refractivity contribution in [1.82, 2.24) is 14.7 Å². The van der Waals surface area contributed by atoms with Crippen LogP contribution in [0.1, 0.15) is 61.0 Å². The summed E-state index contributed by atoms with van der Waals surface area (Å²) in [5.74, 6) is -0.122. The van der Waals surface area contributed by atoms with E-state index >= 15 is 0 Å². The van der Waals surface area contributed by atoms with Gasteiger partial charge in [0.25, 0.3) is 5.91 Å². The summed E-state index contributed by atoms with van der Waals surface area (Å²) in [7, 11) is 0. The molecule has 0 aliphatic heterocycles. The molecule has 2 heterocycles. The van der Waals surface area contributed by atoms with Gasteiger partial charge in [-0.2, -0.15) is 4.37 Å². The summed E-state index contributed by atoms with van der Waals surface area (Å²) in [5, 5.41) is 6.12. The van der Waals surface area contributed by atoms with E-state index in [9.17, 15) is 9.59 Å². The summed E-state index contributed by atoms with van der Waals surface area (Å²) in [4.78, 5) is 30.1. The molecule has 0 aromatic carbocycles. The van der Waals surface area contributed by atoms with Gasteiger partial charge < -0.3 is 10.6 Å². The first-order valence-corrected chi connectivity index (χ1v) is 10.5. The molecule has 2 saturated carbocycles. The summed E-state index contributed by atoms with van der Waals surface area (Å²) in [6.45, 7) is 0. The van der Waals surface area contributed by atoms with Crippen LogP contribution in [0.2, 0.25) is 0 Å². The van der Waals surface area contributed by atoms with E-state index in [0.29, 0.717) is 22.0 Å². The van der Waals surface area contributed by atoms with Gasteiger partial charge in [-0.1, -0.05) is 31.7 Å². The largest absolute Gasteiger partial charge is 0.348 e. The van der Waals surface area contributed by atoms with Gasteiger partial charge in [-0.15, -0.1) is 0 Å². The van der Waals surface area contributed by atoms with E-state index in [1.165, 1.54) is 12.8 Å². The molecule has 27 heavy (non-hydrogen) atoms. The Kier molecular flexibility index (Phi) is 5.48. The Labute approximate surface area is 162 Å². The Bertz CT molecular complexity index is 809. The van der Waals surface area contributed by atoms with Gasteiger partial charge in [0.1, 0.15) is 10.6 Å². The third-order valence-corrected chi connectivity index (χ3v) is 6.04. The van der Waals surface area contributed by atoms with Crippen molar-refractivity contribution in [2.24, 2.45) is 5.92 Å². The molecule has 0 saturated heterocycles. The zero-order chi connectivity index (χ0) is 18.6. The number of anilines is 1. The number of carbonyl (C=O) groups excluding carboxylic acids is 2. The lowest BCUT2D eigenvalue weighted by molar-refractivity contribution is -0.117. The maximum Gasteiger partial charge on any atom is 0.265 e. The van der Waals surface area contributed by atoms with Crippen molar-refractivity contribution >= 4 is 29.0 Å². The predicted octanol–water partition coefficient (Wildman–Crippen LogP) is 4.01. The Morgan fingerprint density at radius 2 is 1.81 bits per heavy atom. The first-order chi connectivity index (χ1) is 13.2. The van der Waals surface area contributed by atoms with Crippen molar-refractivity contribution in [1.29, 1.82) is 0 Å². The van der Waals surface area contributed by atoms with Crippen molar-refractivity contribution in [3.05, 3.63) is 29.3 Å². The van der Waals surface area contributed by atoms with Gasteiger partial charge in [0.2, 0.25) is 5.91 Å². The van der Waals surface area contributed by atoms with Crippen LogP contribution < -0.4 is 10.6 Å². The molecule has 0 bridgehead atoms. The van der Waals surface area contributed by atoms with Gasteiger partial charge in [-0.25, -0.2) is 0 Å². The number of hydrogen-bond donors (Lipinski definition) is 2. The first kappa shape index (κ1) is 18.1. The zero-order valence-electron chi connectivity index (χ0n) is 15.2. The predicted molar refractivity (Wildman–Crippen MR) is 106 cm³/mol. The summed E-state index contributed by atoms with van der Waals surface area (Å²) in [5.41, 5.74) is 1.73. The van der Waals surface area contributed by atoms with E-state index in [2.05, 4.69) is 20.0 Å². The molecule has 0 spiro atoms. The van der Waals surface area contributed by atoms with Crippen LogP contribution in [0.5, 0.6) is 0 Å². The molecule has 6 nitrogen and oxygen atoms in total. The van der Waals surface area contributed by atoms with E-state index in [0.717, 1.165) is 50.1 Å². The smallest absolute Gasteiger partial charge is 0.265 e. The summed E-state index contributed by atoms with van der Waals surface area (Å²) in [6, 6.07) is 5.75. The van der Waals surface area contributed by atoms with Crippen molar-refractivity contribution in [3.63, 3.8) is 0 Å². The second-order valence-corrected chi connectivity index (χ2v) is 8.15. The molecule has 2 aliphatic rings. The van der Waals surface area contributed by atoms with E-state index in [1.54, 1.807) is 6.20 Å². The maximum absolute atomic E-state index is 12.9. The number of carbonyl (C=O) groups is 2. The van der Waals surface area contributed by atoms with Crippen LogP contribution in [0.4, 0.5) is 5.69 Å². The number of aromatic nitrogens is 2. The highest BCUT2D eigenvalue weighted by molar-refractivity contribution is 7.09. The molecule has 0 radical (unpaired) electrons. The molecule has 2 aromatic heterocycles. The normalized spacial score (nSPS) is 17.9. The summed E-state index contributed by atoms with van der Waals surface area (Å²) < 4.78 is 4.46. The maximum atomic E-state index is 12.9. The van der Waals surface area contributed by atoms with Crippen LogP contribution in [0.15, 0.2) is 24.4 Å². The number of rotatable bonds is 5. The number of hydrogen-bond acceptors (Lipinski definition) is 5. The SMILES string of the molecule is O=C(NC1CCCCCC1)c1snc(-c2ccccn2)c1NC(=O)C1CC1. The molecule has 142 valence electrons. The van der Waals surface area contributed by atoms with Crippen LogP contribution in [0, 0.1) is 5.92 Å². The lowest BCUT2D eigenvalue weighted by Crippen LogP contribution is -2.34. The Morgan fingerprint density at radius 1 is 1.04 bits per heavy atom. The average Bonchev–Trinajstić information content (AvgIpc) is 3.49. The van der Waals surface area contributed by atoms with Gasteiger partial charge in [0, 0.05) is 18.2 Å². The van der Waals surface area contributed by atoms with Gasteiger partial charge in [0.05, 0.1) is 11.4 Å². The highest BCUT2D eigenvalue weighted by atomic mass is 32.1. The van der Waals surface area contributed by atoms with E-state index in [4.69, 9.17) is 0 Å². The highest BCUT2D eigenvalue weighted by Crippen LogP contribution is 2.36. The van der Waals surface area contributed by atoms with Crippen LogP contribution in [-0.4, -0.2) is 27.2 Å². The van der Waals surface area contributed by atoms with Gasteiger partial charge in [-0.3, -0.25) is 14.6 Å². The monoisotopic (exact) mass is 384 g/mol. The highest BCUT2D eigenvalue weighted by Gasteiger charge is 2.32. The number of nitrogens with zero attached hydrogens (tertiary/aromatic N) is 2. The molecule has 7 heteroatoms. The van der Waals surface area contributed by atoms with Crippen molar-refractivity contribution in [2.45, 2.75) is 57.4 Å². The quantitative estimate of drug-likeness (QED) is 0.763. The summed E-state index contributed by atoms with van der Waals surface area (Å²) >= 11 is 1.13. The van der Waals surface area contributed by atoms with E-state index < -0.39 is 0 Å². The van der Waals surface area contributed by atoms with E-state index in [1.807, 2.05) is 18.2 Å². The molecule has 4 rings (SSSR count). The van der Waals surface area contributed by atoms with Crippen LogP contribution in [0.3, 0.4) is 0 Å². The first-order valence-electron chi connectivity index (χ1n) is 9.75. The Balaban J connectivity index is 1.59. The van der Waals surface area contributed by atoms with Gasteiger partial charge >= 0.3 is 0 Å². The minimum atomic E-state index is -0.146. The minimum Gasteiger partial charge on any atom is -0.348 e. The topological polar surface area (TPSA) is 84.0 Å². The second kappa shape index (κ2) is 8.17. The lowest BCUT2D eigenvalue weighted by atomic mass is 10.1. The molecule has 0 atom stereocenters. The molecular weight excluding hydrogens is 360 g/mol. The standard InChI is InChI=1S/C20H24N4O2S/c25-19(13-10-11-13)23-17-16(15-9-5-6-12-21-15)24-27-18(17)20(26)22-14-7-3-1-2-4-8-14/h5-6,9,12-14H,1-4,7-8,10-11H2,(H,22,26)(H,23,25). The third-order valence-electron chi connectivity index (χ3n) is 5.19. The fraction of sp³-hybridized carbons (Fsp3) is 0.500. The van der Waals surface area contributed by atoms with Crippen LogP contribution in [0.25, 0.3) is 11.4 Å². The van der Waals surface area contributed by atoms with Crippen molar-refractivity contribution in [3.8, 4) is 11.4 Å². The fourth-order valence-electron chi connectivity index (χ4n) is 3.48. The van der Waals surface area contributed by atoms with Gasteiger partial charge in [0.15, 0.2) is 0 Å². The molecule has 2 aromatic rings. The molecule has 0 unspecified atom stereocenters. The van der Waals surface area contributed by atoms with Crippen molar-refractivity contribution < 1.29 is 9.59 Å². The average molecular weight is 385 g/mol. The third kappa shape index (κ3) is 4.35. The molecule has 2 aliphatic carbocycles. The summed E-state index contributed by atoms with van der Waals surface area (Å²) in [6.07, 6.45) is 10.3. The second-order valence-electron chi connectivity index (χ2n) is 7.38. The Hall–Kier alpha value is -2.28. The zero-order valence-corrected chi connectivity index (χ0v) is 16.1. The Morgan fingerprint density at radius 3 is 2.48 bits per heavy atom. The van der Waals surface area contributed by atoms with Crippen molar-refractivity contribution in [2.75, 3.05) is 5.32 Å². The fourth-order valence-corrected chi connectivity index (χ4v) is 4.23. The number of pyridine rings is 1. The number of amides is 2. The lowest BCUT2D eigenvalue weighted by Gasteiger charge is -2.16. The number of nitrogens with one attached hydrogen (secondary N) is 2. The van der Waals surface area contributed by atoms with Gasteiger partial charge in [-0.05, 0) is 49.3 Å². The van der Waals surface area contributed by atoms with Crippen LogP contribution in [-0.2, 0) is 4.79 Å². The minimum absolute atomic E-state index is 0.0316. The molecule has 2 amide bonds. The molecule has 2 N–H and O–H groups in total. The molecular formula is C20H24N4O2S. The van der Waals surface area contributed by atoms with E-state index in [-0.39, 0.29) is 23.8 Å². The van der Waals surface area contributed by atoms with Crippen LogP contribution >= 0.6 is 11.5 Å². The molecule has 2 fully saturated rings.